The van der Waals surface area contributed by atoms with Crippen molar-refractivity contribution in [2.45, 2.75) is 46.1 Å². The second kappa shape index (κ2) is 8.56. The maximum absolute atomic E-state index is 13.6. The van der Waals surface area contributed by atoms with Gasteiger partial charge in [-0.05, 0) is 69.3 Å². The van der Waals surface area contributed by atoms with Crippen LogP contribution in [0.3, 0.4) is 0 Å². The van der Waals surface area contributed by atoms with Crippen molar-refractivity contribution in [2.75, 3.05) is 0 Å². The van der Waals surface area contributed by atoms with Gasteiger partial charge in [0.15, 0.2) is 5.78 Å². The average Bonchev–Trinajstić information content (AvgIpc) is 3.16. The molecule has 5 nitrogen and oxygen atoms in total. The highest BCUT2D eigenvalue weighted by Crippen LogP contribution is 2.44. The molecule has 1 N–H and O–H groups in total. The lowest BCUT2D eigenvalue weighted by molar-refractivity contribution is -0.152. The number of rotatable bonds is 5. The summed E-state index contributed by atoms with van der Waals surface area (Å²) in [6, 6.07) is 9.67. The number of pyridine rings is 1. The van der Waals surface area contributed by atoms with E-state index in [0.29, 0.717) is 28.1 Å². The molecule has 33 heavy (non-hydrogen) atoms. The van der Waals surface area contributed by atoms with Gasteiger partial charge in [0, 0.05) is 34.5 Å². The molecule has 3 heterocycles. The largest absolute Gasteiger partial charge is 0.451 e. The number of halogens is 1. The number of nitrogens with one attached hydrogen (secondary N) is 1. The second-order valence-electron chi connectivity index (χ2n) is 8.65. The number of nitrogens with zero attached hydrogens (tertiary/aromatic N) is 1. The minimum atomic E-state index is -1.01. The number of hydrogen-bond donors (Lipinski definition) is 1. The first-order valence-corrected chi connectivity index (χ1v) is 11.5. The maximum atomic E-state index is 13.6. The molecule has 1 aromatic carbocycles. The van der Waals surface area contributed by atoms with Crippen LogP contribution in [-0.2, 0) is 19.9 Å². The topological polar surface area (TPSA) is 68.3 Å². The fourth-order valence-corrected chi connectivity index (χ4v) is 5.29. The van der Waals surface area contributed by atoms with Crippen LogP contribution >= 0.6 is 11.3 Å². The SMILES string of the molecule is CC(=O)C1=C(C)NC(C)=C(C(=O)OC(C)(C)c2ccc(F)cc2)C1c1csc2ncccc12. The number of aromatic nitrogens is 1. The van der Waals surface area contributed by atoms with Crippen LogP contribution in [0.1, 0.15) is 51.7 Å². The summed E-state index contributed by atoms with van der Waals surface area (Å²) in [5.74, 6) is -1.60. The third kappa shape index (κ3) is 4.20. The van der Waals surface area contributed by atoms with Crippen LogP contribution < -0.4 is 5.32 Å². The number of ketones is 1. The van der Waals surface area contributed by atoms with Crippen molar-refractivity contribution in [3.8, 4) is 0 Å². The second-order valence-corrected chi connectivity index (χ2v) is 9.50. The van der Waals surface area contributed by atoms with Gasteiger partial charge in [0.2, 0.25) is 0 Å². The van der Waals surface area contributed by atoms with Gasteiger partial charge in [-0.3, -0.25) is 4.79 Å². The van der Waals surface area contributed by atoms with E-state index in [2.05, 4.69) is 10.3 Å². The highest BCUT2D eigenvalue weighted by molar-refractivity contribution is 7.16. The van der Waals surface area contributed by atoms with Crippen LogP contribution in [-0.4, -0.2) is 16.7 Å². The molecular weight excluding hydrogens is 439 g/mol. The lowest BCUT2D eigenvalue weighted by atomic mass is 9.79. The van der Waals surface area contributed by atoms with E-state index in [9.17, 15) is 14.0 Å². The van der Waals surface area contributed by atoms with Gasteiger partial charge in [0.25, 0.3) is 0 Å². The van der Waals surface area contributed by atoms with Gasteiger partial charge in [-0.2, -0.15) is 0 Å². The number of ether oxygens (including phenoxy) is 1. The molecule has 0 spiro atoms. The molecular formula is C26H25FN2O3S. The maximum Gasteiger partial charge on any atom is 0.337 e. The molecule has 0 saturated heterocycles. The number of Topliss-reactive ketones (excluding diaryl/α,β-unsaturated/α-hetero) is 1. The fraction of sp³-hybridized carbons (Fsp3) is 0.269. The molecule has 1 atom stereocenters. The Hall–Kier alpha value is -3.32. The van der Waals surface area contributed by atoms with Crippen LogP contribution in [0.25, 0.3) is 10.2 Å². The predicted octanol–water partition coefficient (Wildman–Crippen LogP) is 5.74. The van der Waals surface area contributed by atoms with Crippen molar-refractivity contribution in [3.63, 3.8) is 0 Å². The third-order valence-corrected chi connectivity index (χ3v) is 6.86. The number of thiophene rings is 1. The molecule has 0 fully saturated rings. The van der Waals surface area contributed by atoms with E-state index < -0.39 is 17.5 Å². The van der Waals surface area contributed by atoms with Crippen molar-refractivity contribution in [2.24, 2.45) is 0 Å². The molecule has 3 aromatic rings. The van der Waals surface area contributed by atoms with E-state index in [-0.39, 0.29) is 11.6 Å². The van der Waals surface area contributed by atoms with Crippen LogP contribution in [0.4, 0.5) is 4.39 Å². The number of esters is 1. The zero-order chi connectivity index (χ0) is 23.9. The van der Waals surface area contributed by atoms with E-state index >= 15 is 0 Å². The van der Waals surface area contributed by atoms with Crippen molar-refractivity contribution >= 4 is 33.3 Å². The zero-order valence-corrected chi connectivity index (χ0v) is 20.0. The Bertz CT molecular complexity index is 1320. The molecule has 0 radical (unpaired) electrons. The van der Waals surface area contributed by atoms with E-state index in [1.165, 1.54) is 30.4 Å². The Labute approximate surface area is 196 Å². The van der Waals surface area contributed by atoms with Crippen LogP contribution in [0, 0.1) is 5.82 Å². The molecule has 0 aliphatic carbocycles. The van der Waals surface area contributed by atoms with Gasteiger partial charge in [-0.25, -0.2) is 14.2 Å². The highest BCUT2D eigenvalue weighted by atomic mass is 32.1. The van der Waals surface area contributed by atoms with Gasteiger partial charge in [-0.1, -0.05) is 18.2 Å². The van der Waals surface area contributed by atoms with Crippen LogP contribution in [0.5, 0.6) is 0 Å². The van der Waals surface area contributed by atoms with Gasteiger partial charge < -0.3 is 10.1 Å². The van der Waals surface area contributed by atoms with Crippen molar-refractivity contribution < 1.29 is 18.7 Å². The number of benzene rings is 1. The van der Waals surface area contributed by atoms with Crippen molar-refractivity contribution in [1.82, 2.24) is 10.3 Å². The standard InChI is InChI=1S/C26H25FN2O3S/c1-14-21(16(3)30)23(20-13-33-24-19(20)7-6-12-28-24)22(15(2)29-14)25(31)32-26(4,5)17-8-10-18(27)11-9-17/h6-13,23,29H,1-5H3. The number of fused-ring (bicyclic) bond motifs is 1. The smallest absolute Gasteiger partial charge is 0.337 e. The summed E-state index contributed by atoms with van der Waals surface area (Å²) in [7, 11) is 0. The van der Waals surface area contributed by atoms with E-state index in [1.807, 2.05) is 31.4 Å². The number of dihydropyridines is 1. The van der Waals surface area contributed by atoms with Crippen molar-refractivity contribution in [1.29, 1.82) is 0 Å². The summed E-state index contributed by atoms with van der Waals surface area (Å²) in [4.78, 5) is 31.6. The van der Waals surface area contributed by atoms with Crippen LogP contribution in [0.2, 0.25) is 0 Å². The minimum Gasteiger partial charge on any atom is -0.451 e. The first-order valence-electron chi connectivity index (χ1n) is 10.6. The normalized spacial score (nSPS) is 16.7. The van der Waals surface area contributed by atoms with E-state index in [4.69, 9.17) is 4.74 Å². The number of allylic oxidation sites excluding steroid dienone is 3. The van der Waals surface area contributed by atoms with E-state index in [0.717, 1.165) is 15.8 Å². The Morgan fingerprint density at radius 1 is 1.09 bits per heavy atom. The zero-order valence-electron chi connectivity index (χ0n) is 19.2. The lowest BCUT2D eigenvalue weighted by Crippen LogP contribution is -2.34. The van der Waals surface area contributed by atoms with Gasteiger partial charge in [0.1, 0.15) is 16.2 Å². The Morgan fingerprint density at radius 2 is 1.76 bits per heavy atom. The summed E-state index contributed by atoms with van der Waals surface area (Å²) in [5, 5.41) is 6.04. The molecule has 1 aliphatic rings. The first kappa shape index (κ1) is 22.9. The first-order chi connectivity index (χ1) is 15.6. The van der Waals surface area contributed by atoms with Gasteiger partial charge in [0.05, 0.1) is 5.57 Å². The molecule has 0 bridgehead atoms. The quantitative estimate of drug-likeness (QED) is 0.488. The van der Waals surface area contributed by atoms with Gasteiger partial charge in [-0.15, -0.1) is 11.3 Å². The molecule has 2 aromatic heterocycles. The predicted molar refractivity (Wildman–Crippen MR) is 127 cm³/mol. The summed E-state index contributed by atoms with van der Waals surface area (Å²) < 4.78 is 19.4. The lowest BCUT2D eigenvalue weighted by Gasteiger charge is -2.33. The third-order valence-electron chi connectivity index (χ3n) is 5.94. The molecule has 170 valence electrons. The molecule has 0 amide bonds. The molecule has 4 rings (SSSR count). The molecule has 0 saturated carbocycles. The summed E-state index contributed by atoms with van der Waals surface area (Å²) in [5.41, 5.74) is 2.75. The Kier molecular flexibility index (Phi) is 5.93. The molecule has 7 heteroatoms. The van der Waals surface area contributed by atoms with Crippen LogP contribution in [0.15, 0.2) is 70.5 Å². The molecule has 1 unspecified atom stereocenters. The van der Waals surface area contributed by atoms with Gasteiger partial charge >= 0.3 is 5.97 Å². The summed E-state index contributed by atoms with van der Waals surface area (Å²) in [6.45, 7) is 8.67. The summed E-state index contributed by atoms with van der Waals surface area (Å²) in [6.07, 6.45) is 1.72. The number of hydrogen-bond acceptors (Lipinski definition) is 6. The fourth-order valence-electron chi connectivity index (χ4n) is 4.35. The Balaban J connectivity index is 1.81. The minimum absolute atomic E-state index is 0.121. The monoisotopic (exact) mass is 464 g/mol. The average molecular weight is 465 g/mol. The van der Waals surface area contributed by atoms with E-state index in [1.54, 1.807) is 32.2 Å². The number of carbonyl (C=O) groups is 2. The summed E-state index contributed by atoms with van der Waals surface area (Å²) >= 11 is 1.47. The number of carbonyl (C=O) groups excluding carboxylic acids is 2. The highest BCUT2D eigenvalue weighted by Gasteiger charge is 2.39. The Morgan fingerprint density at radius 3 is 2.42 bits per heavy atom. The molecule has 1 aliphatic heterocycles. The van der Waals surface area contributed by atoms with Crippen molar-refractivity contribution in [3.05, 3.63) is 87.5 Å².